The number of fused-ring (bicyclic) bond motifs is 2. The van der Waals surface area contributed by atoms with Crippen LogP contribution in [-0.4, -0.2) is 48.3 Å². The second kappa shape index (κ2) is 4.87. The quantitative estimate of drug-likeness (QED) is 0.759. The molecule has 3 saturated heterocycles. The van der Waals surface area contributed by atoms with E-state index < -0.39 is 0 Å². The molecule has 3 heteroatoms. The molecular formula is C14H26N2O. The van der Waals surface area contributed by atoms with Crippen molar-refractivity contribution in [2.24, 2.45) is 11.8 Å². The SMILES string of the molecule is CN1CCC(CC2C(O)CC3CCC2N3)CC1. The summed E-state index contributed by atoms with van der Waals surface area (Å²) >= 11 is 0. The second-order valence-corrected chi connectivity index (χ2v) is 6.50. The maximum absolute atomic E-state index is 10.3. The molecule has 2 bridgehead atoms. The van der Waals surface area contributed by atoms with Crippen molar-refractivity contribution in [1.29, 1.82) is 0 Å². The molecule has 3 nitrogen and oxygen atoms in total. The Bertz CT molecular complexity index is 263. The molecule has 0 aromatic heterocycles. The highest BCUT2D eigenvalue weighted by atomic mass is 16.3. The van der Waals surface area contributed by atoms with Crippen LogP contribution in [0.4, 0.5) is 0 Å². The van der Waals surface area contributed by atoms with Crippen LogP contribution in [0.2, 0.25) is 0 Å². The number of hydrogen-bond donors (Lipinski definition) is 2. The van der Waals surface area contributed by atoms with Crippen LogP contribution < -0.4 is 5.32 Å². The molecule has 0 aromatic carbocycles. The van der Waals surface area contributed by atoms with Gasteiger partial charge in [0.2, 0.25) is 0 Å². The Morgan fingerprint density at radius 3 is 2.71 bits per heavy atom. The van der Waals surface area contributed by atoms with Gasteiger partial charge >= 0.3 is 0 Å². The number of nitrogens with zero attached hydrogens (tertiary/aromatic N) is 1. The number of aliphatic hydroxyl groups is 1. The van der Waals surface area contributed by atoms with E-state index in [9.17, 15) is 5.11 Å². The average molecular weight is 238 g/mol. The van der Waals surface area contributed by atoms with E-state index in [1.165, 1.54) is 45.2 Å². The van der Waals surface area contributed by atoms with Crippen LogP contribution in [0.1, 0.15) is 38.5 Å². The third-order valence-electron chi connectivity index (χ3n) is 5.26. The minimum absolute atomic E-state index is 0.0339. The summed E-state index contributed by atoms with van der Waals surface area (Å²) in [5.41, 5.74) is 0. The van der Waals surface area contributed by atoms with Crippen LogP contribution in [0, 0.1) is 11.8 Å². The highest BCUT2D eigenvalue weighted by molar-refractivity contribution is 4.98. The number of piperidine rings is 2. The Balaban J connectivity index is 1.56. The first kappa shape index (κ1) is 11.9. The van der Waals surface area contributed by atoms with Gasteiger partial charge in [-0.2, -0.15) is 0 Å². The van der Waals surface area contributed by atoms with Gasteiger partial charge in [0.15, 0.2) is 0 Å². The van der Waals surface area contributed by atoms with Gasteiger partial charge in [-0.1, -0.05) is 0 Å². The fourth-order valence-electron chi connectivity index (χ4n) is 4.11. The van der Waals surface area contributed by atoms with Crippen molar-refractivity contribution in [1.82, 2.24) is 10.2 Å². The molecule has 3 heterocycles. The molecule has 4 atom stereocenters. The zero-order chi connectivity index (χ0) is 11.8. The van der Waals surface area contributed by atoms with Crippen molar-refractivity contribution in [2.75, 3.05) is 20.1 Å². The smallest absolute Gasteiger partial charge is 0.0598 e. The van der Waals surface area contributed by atoms with Crippen molar-refractivity contribution in [3.63, 3.8) is 0 Å². The van der Waals surface area contributed by atoms with Gasteiger partial charge < -0.3 is 15.3 Å². The monoisotopic (exact) mass is 238 g/mol. The molecule has 3 aliphatic heterocycles. The minimum Gasteiger partial charge on any atom is -0.393 e. The van der Waals surface area contributed by atoms with E-state index in [0.717, 1.165) is 12.3 Å². The molecule has 3 fully saturated rings. The average Bonchev–Trinajstić information content (AvgIpc) is 2.71. The number of rotatable bonds is 2. The number of aliphatic hydroxyl groups excluding tert-OH is 1. The molecule has 4 unspecified atom stereocenters. The fourth-order valence-corrected chi connectivity index (χ4v) is 4.11. The first-order valence-electron chi connectivity index (χ1n) is 7.35. The molecule has 17 heavy (non-hydrogen) atoms. The Morgan fingerprint density at radius 1 is 1.18 bits per heavy atom. The van der Waals surface area contributed by atoms with Crippen molar-refractivity contribution in [3.8, 4) is 0 Å². The van der Waals surface area contributed by atoms with E-state index >= 15 is 0 Å². The number of likely N-dealkylation sites (tertiary alicyclic amines) is 1. The van der Waals surface area contributed by atoms with Gasteiger partial charge in [0, 0.05) is 18.0 Å². The topological polar surface area (TPSA) is 35.5 Å². The van der Waals surface area contributed by atoms with Gasteiger partial charge in [-0.3, -0.25) is 0 Å². The fraction of sp³-hybridized carbons (Fsp3) is 1.00. The maximum Gasteiger partial charge on any atom is 0.0598 e. The summed E-state index contributed by atoms with van der Waals surface area (Å²) < 4.78 is 0. The summed E-state index contributed by atoms with van der Waals surface area (Å²) in [4.78, 5) is 2.43. The van der Waals surface area contributed by atoms with Crippen LogP contribution in [0.3, 0.4) is 0 Å². The van der Waals surface area contributed by atoms with Gasteiger partial charge in [-0.15, -0.1) is 0 Å². The summed E-state index contributed by atoms with van der Waals surface area (Å²) in [6.45, 7) is 2.49. The van der Waals surface area contributed by atoms with Crippen LogP contribution in [-0.2, 0) is 0 Å². The molecule has 0 amide bonds. The van der Waals surface area contributed by atoms with Crippen molar-refractivity contribution in [3.05, 3.63) is 0 Å². The van der Waals surface area contributed by atoms with E-state index in [2.05, 4.69) is 17.3 Å². The van der Waals surface area contributed by atoms with Gasteiger partial charge in [0.25, 0.3) is 0 Å². The summed E-state index contributed by atoms with van der Waals surface area (Å²) in [7, 11) is 2.22. The molecular weight excluding hydrogens is 212 g/mol. The van der Waals surface area contributed by atoms with Gasteiger partial charge in [-0.25, -0.2) is 0 Å². The molecule has 0 saturated carbocycles. The number of nitrogens with one attached hydrogen (secondary N) is 1. The lowest BCUT2D eigenvalue weighted by atomic mass is 9.79. The van der Waals surface area contributed by atoms with Crippen LogP contribution >= 0.6 is 0 Å². The third kappa shape index (κ3) is 2.51. The molecule has 3 rings (SSSR count). The third-order valence-corrected chi connectivity index (χ3v) is 5.26. The van der Waals surface area contributed by atoms with E-state index in [4.69, 9.17) is 0 Å². The summed E-state index contributed by atoms with van der Waals surface area (Å²) in [6.07, 6.45) is 7.44. The highest BCUT2D eigenvalue weighted by Crippen LogP contribution is 2.37. The van der Waals surface area contributed by atoms with Crippen molar-refractivity contribution in [2.45, 2.75) is 56.7 Å². The molecule has 0 aliphatic carbocycles. The molecule has 0 spiro atoms. The van der Waals surface area contributed by atoms with E-state index in [1.807, 2.05) is 0 Å². The largest absolute Gasteiger partial charge is 0.393 e. The lowest BCUT2D eigenvalue weighted by Gasteiger charge is -2.38. The Morgan fingerprint density at radius 2 is 1.94 bits per heavy atom. The molecule has 3 aliphatic rings. The van der Waals surface area contributed by atoms with E-state index in [0.29, 0.717) is 18.0 Å². The van der Waals surface area contributed by atoms with Crippen LogP contribution in [0.25, 0.3) is 0 Å². The van der Waals surface area contributed by atoms with Crippen LogP contribution in [0.5, 0.6) is 0 Å². The lowest BCUT2D eigenvalue weighted by Crippen LogP contribution is -2.49. The predicted molar refractivity (Wildman–Crippen MR) is 68.9 cm³/mol. The Hall–Kier alpha value is -0.120. The Kier molecular flexibility index (Phi) is 3.42. The summed E-state index contributed by atoms with van der Waals surface area (Å²) in [5.74, 6) is 1.38. The second-order valence-electron chi connectivity index (χ2n) is 6.50. The number of hydrogen-bond acceptors (Lipinski definition) is 3. The predicted octanol–water partition coefficient (Wildman–Crippen LogP) is 1.22. The van der Waals surface area contributed by atoms with E-state index in [1.54, 1.807) is 0 Å². The van der Waals surface area contributed by atoms with Crippen molar-refractivity contribution < 1.29 is 5.11 Å². The zero-order valence-corrected chi connectivity index (χ0v) is 10.9. The van der Waals surface area contributed by atoms with Gasteiger partial charge in [-0.05, 0) is 64.6 Å². The normalized spacial score (nSPS) is 44.1. The Labute approximate surface area is 105 Å². The minimum atomic E-state index is -0.0339. The van der Waals surface area contributed by atoms with Gasteiger partial charge in [0.05, 0.1) is 6.10 Å². The van der Waals surface area contributed by atoms with Crippen LogP contribution in [0.15, 0.2) is 0 Å². The van der Waals surface area contributed by atoms with E-state index in [-0.39, 0.29) is 6.10 Å². The maximum atomic E-state index is 10.3. The summed E-state index contributed by atoms with van der Waals surface area (Å²) in [6, 6.07) is 1.23. The summed E-state index contributed by atoms with van der Waals surface area (Å²) in [5, 5.41) is 14.0. The molecule has 0 radical (unpaired) electrons. The molecule has 98 valence electrons. The first-order valence-corrected chi connectivity index (χ1v) is 7.35. The first-order chi connectivity index (χ1) is 8.22. The molecule has 2 N–H and O–H groups in total. The lowest BCUT2D eigenvalue weighted by molar-refractivity contribution is 0.0326. The standard InChI is InChI=1S/C14H26N2O/c1-16-6-4-10(5-7-16)8-12-13-3-2-11(15-13)9-14(12)17/h10-15,17H,2-9H2,1H3. The van der Waals surface area contributed by atoms with Crippen molar-refractivity contribution >= 4 is 0 Å². The zero-order valence-electron chi connectivity index (χ0n) is 10.9. The van der Waals surface area contributed by atoms with Gasteiger partial charge in [0.1, 0.15) is 0 Å². The molecule has 0 aromatic rings. The highest BCUT2D eigenvalue weighted by Gasteiger charge is 2.41.